The third-order valence-electron chi connectivity index (χ3n) is 3.45. The van der Waals surface area contributed by atoms with Gasteiger partial charge in [-0.3, -0.25) is 10.1 Å². The summed E-state index contributed by atoms with van der Waals surface area (Å²) in [4.78, 5) is 12.5. The lowest BCUT2D eigenvalue weighted by Crippen LogP contribution is -2.15. The normalized spacial score (nSPS) is 12.8. The third-order valence-corrected chi connectivity index (χ3v) is 4.68. The van der Waals surface area contributed by atoms with E-state index in [9.17, 15) is 4.79 Å². The molecule has 2 aromatic heterocycles. The number of hydrogen-bond acceptors (Lipinski definition) is 7. The minimum Gasteiger partial charge on any atom is -0.486 e. The van der Waals surface area contributed by atoms with Gasteiger partial charge in [-0.1, -0.05) is 22.8 Å². The van der Waals surface area contributed by atoms with E-state index in [2.05, 4.69) is 15.5 Å². The number of ether oxygens (including phenoxy) is 2. The lowest BCUT2D eigenvalue weighted by molar-refractivity contribution is 0.102. The van der Waals surface area contributed by atoms with Crippen molar-refractivity contribution in [2.75, 3.05) is 18.5 Å². The van der Waals surface area contributed by atoms with Gasteiger partial charge >= 0.3 is 6.01 Å². The highest BCUT2D eigenvalue weighted by atomic mass is 35.5. The van der Waals surface area contributed by atoms with E-state index in [0.29, 0.717) is 40.5 Å². The highest BCUT2D eigenvalue weighted by molar-refractivity contribution is 7.18. The first-order chi connectivity index (χ1) is 12.2. The Hall–Kier alpha value is -2.58. The Morgan fingerprint density at radius 3 is 2.80 bits per heavy atom. The second kappa shape index (κ2) is 6.73. The molecule has 0 bridgehead atoms. The highest BCUT2D eigenvalue weighted by Gasteiger charge is 2.15. The molecule has 1 aliphatic heterocycles. The van der Waals surface area contributed by atoms with E-state index in [4.69, 9.17) is 25.5 Å². The van der Waals surface area contributed by atoms with Crippen molar-refractivity contribution in [3.05, 3.63) is 51.0 Å². The maximum absolute atomic E-state index is 12.0. The number of carbonyl (C=O) groups excluding carboxylic acids is 1. The Kier molecular flexibility index (Phi) is 4.29. The topological polar surface area (TPSA) is 86.5 Å². The first kappa shape index (κ1) is 15.9. The first-order valence-electron chi connectivity index (χ1n) is 7.45. The predicted molar refractivity (Wildman–Crippen MR) is 91.8 cm³/mol. The van der Waals surface area contributed by atoms with Crippen LogP contribution in [0.3, 0.4) is 0 Å². The van der Waals surface area contributed by atoms with Crippen molar-refractivity contribution in [3.8, 4) is 11.5 Å². The van der Waals surface area contributed by atoms with Crippen molar-refractivity contribution in [2.45, 2.75) is 6.42 Å². The fourth-order valence-corrected chi connectivity index (χ4v) is 3.28. The minimum atomic E-state index is -0.341. The molecule has 0 saturated carbocycles. The predicted octanol–water partition coefficient (Wildman–Crippen LogP) is 3.40. The molecule has 0 saturated heterocycles. The highest BCUT2D eigenvalue weighted by Crippen LogP contribution is 2.31. The summed E-state index contributed by atoms with van der Waals surface area (Å²) in [5, 5.41) is 10.3. The van der Waals surface area contributed by atoms with E-state index in [1.54, 1.807) is 12.1 Å². The van der Waals surface area contributed by atoms with Crippen LogP contribution in [0.5, 0.6) is 11.5 Å². The van der Waals surface area contributed by atoms with E-state index in [1.807, 2.05) is 18.2 Å². The molecule has 3 aromatic rings. The summed E-state index contributed by atoms with van der Waals surface area (Å²) < 4.78 is 17.1. The summed E-state index contributed by atoms with van der Waals surface area (Å²) in [6, 6.07) is 8.97. The maximum Gasteiger partial charge on any atom is 0.322 e. The Balaban J connectivity index is 1.43. The number of carbonyl (C=O) groups is 1. The van der Waals surface area contributed by atoms with E-state index < -0.39 is 0 Å². The standard InChI is InChI=1S/C16H12ClN3O4S/c17-13-4-3-12(25-13)15(21)18-16-20-19-14(24-16)8-9-1-2-10-11(7-9)23-6-5-22-10/h1-4,7H,5-6,8H2,(H,18,20,21). The van der Waals surface area contributed by atoms with Crippen molar-refractivity contribution in [2.24, 2.45) is 0 Å². The first-order valence-corrected chi connectivity index (χ1v) is 8.64. The van der Waals surface area contributed by atoms with Crippen LogP contribution in [0.4, 0.5) is 6.01 Å². The Morgan fingerprint density at radius 2 is 2.00 bits per heavy atom. The Morgan fingerprint density at radius 1 is 1.16 bits per heavy atom. The molecule has 1 amide bonds. The van der Waals surface area contributed by atoms with Crippen molar-refractivity contribution in [3.63, 3.8) is 0 Å². The van der Waals surface area contributed by atoms with Gasteiger partial charge in [0.25, 0.3) is 5.91 Å². The van der Waals surface area contributed by atoms with Gasteiger partial charge in [0.1, 0.15) is 13.2 Å². The summed E-state index contributed by atoms with van der Waals surface area (Å²) >= 11 is 7.00. The lowest BCUT2D eigenvalue weighted by Gasteiger charge is -2.18. The zero-order valence-corrected chi connectivity index (χ0v) is 14.4. The fourth-order valence-electron chi connectivity index (χ4n) is 2.34. The molecule has 0 spiro atoms. The van der Waals surface area contributed by atoms with Gasteiger partial charge in [-0.2, -0.15) is 0 Å². The minimum absolute atomic E-state index is 0.0436. The van der Waals surface area contributed by atoms with Crippen molar-refractivity contribution < 1.29 is 18.7 Å². The molecule has 0 unspecified atom stereocenters. The van der Waals surface area contributed by atoms with Crippen LogP contribution < -0.4 is 14.8 Å². The number of aromatic nitrogens is 2. The van der Waals surface area contributed by atoms with Gasteiger partial charge < -0.3 is 13.9 Å². The molecule has 4 rings (SSSR count). The molecule has 0 radical (unpaired) electrons. The van der Waals surface area contributed by atoms with Crippen LogP contribution in [-0.2, 0) is 6.42 Å². The third kappa shape index (κ3) is 3.59. The molecule has 0 fully saturated rings. The van der Waals surface area contributed by atoms with Gasteiger partial charge in [-0.25, -0.2) is 0 Å². The SMILES string of the molecule is O=C(Nc1nnc(Cc2ccc3c(c2)OCCO3)o1)c1ccc(Cl)s1. The summed E-state index contributed by atoms with van der Waals surface area (Å²) in [5.74, 6) is 1.47. The van der Waals surface area contributed by atoms with Gasteiger partial charge in [0.05, 0.1) is 15.6 Å². The molecule has 1 N–H and O–H groups in total. The summed E-state index contributed by atoms with van der Waals surface area (Å²) in [6.07, 6.45) is 0.421. The number of nitrogens with zero attached hydrogens (tertiary/aromatic N) is 2. The average Bonchev–Trinajstić information content (AvgIpc) is 3.24. The number of thiophene rings is 1. The molecule has 25 heavy (non-hydrogen) atoms. The Bertz CT molecular complexity index is 924. The molecule has 1 aliphatic rings. The number of nitrogens with one attached hydrogen (secondary N) is 1. The molecular weight excluding hydrogens is 366 g/mol. The van der Waals surface area contributed by atoms with Gasteiger partial charge in [0.15, 0.2) is 11.5 Å². The molecule has 3 heterocycles. The van der Waals surface area contributed by atoms with Crippen molar-refractivity contribution in [1.82, 2.24) is 10.2 Å². The fraction of sp³-hybridized carbons (Fsp3) is 0.188. The van der Waals surface area contributed by atoms with Gasteiger partial charge in [-0.15, -0.1) is 16.4 Å². The van der Waals surface area contributed by atoms with Crippen LogP contribution in [0.1, 0.15) is 21.1 Å². The second-order valence-electron chi connectivity index (χ2n) is 5.21. The number of anilines is 1. The van der Waals surface area contributed by atoms with Crippen molar-refractivity contribution in [1.29, 1.82) is 0 Å². The monoisotopic (exact) mass is 377 g/mol. The van der Waals surface area contributed by atoms with Gasteiger partial charge in [0.2, 0.25) is 5.89 Å². The number of amides is 1. The quantitative estimate of drug-likeness (QED) is 0.749. The zero-order chi connectivity index (χ0) is 17.2. The zero-order valence-electron chi connectivity index (χ0n) is 12.8. The van der Waals surface area contributed by atoms with Crippen LogP contribution >= 0.6 is 22.9 Å². The molecule has 1 aromatic carbocycles. The van der Waals surface area contributed by atoms with Gasteiger partial charge in [0, 0.05) is 0 Å². The smallest absolute Gasteiger partial charge is 0.322 e. The second-order valence-corrected chi connectivity index (χ2v) is 6.93. The van der Waals surface area contributed by atoms with Crippen LogP contribution in [0, 0.1) is 0 Å². The average molecular weight is 378 g/mol. The van der Waals surface area contributed by atoms with Crippen LogP contribution in [0.25, 0.3) is 0 Å². The Labute approximate surface area is 151 Å². The van der Waals surface area contributed by atoms with E-state index in [-0.39, 0.29) is 11.9 Å². The molecular formula is C16H12ClN3O4S. The van der Waals surface area contributed by atoms with E-state index >= 15 is 0 Å². The lowest BCUT2D eigenvalue weighted by atomic mass is 10.1. The van der Waals surface area contributed by atoms with Crippen LogP contribution in [0.15, 0.2) is 34.7 Å². The maximum atomic E-state index is 12.0. The number of benzene rings is 1. The van der Waals surface area contributed by atoms with Crippen molar-refractivity contribution >= 4 is 34.9 Å². The summed E-state index contributed by atoms with van der Waals surface area (Å²) in [5.41, 5.74) is 0.941. The molecule has 7 nitrogen and oxygen atoms in total. The number of fused-ring (bicyclic) bond motifs is 1. The van der Waals surface area contributed by atoms with Crippen LogP contribution in [0.2, 0.25) is 4.34 Å². The number of hydrogen-bond donors (Lipinski definition) is 1. The largest absolute Gasteiger partial charge is 0.486 e. The number of halogens is 1. The number of rotatable bonds is 4. The molecule has 128 valence electrons. The van der Waals surface area contributed by atoms with Gasteiger partial charge in [-0.05, 0) is 29.8 Å². The van der Waals surface area contributed by atoms with E-state index in [0.717, 1.165) is 11.3 Å². The summed E-state index contributed by atoms with van der Waals surface area (Å²) in [6.45, 7) is 1.08. The van der Waals surface area contributed by atoms with E-state index in [1.165, 1.54) is 11.3 Å². The summed E-state index contributed by atoms with van der Waals surface area (Å²) in [7, 11) is 0. The van der Waals surface area contributed by atoms with Crippen LogP contribution in [-0.4, -0.2) is 29.3 Å². The molecule has 0 atom stereocenters. The molecule has 0 aliphatic carbocycles. The molecule has 9 heteroatoms.